The molecule has 1 saturated heterocycles. The van der Waals surface area contributed by atoms with Gasteiger partial charge in [-0.15, -0.1) is 13.2 Å². The SMILES string of the molecule is O=C(c1ccccc1OC(F)(F)F)N1CCC(Cc2ccc(-c3ccccc3)cc2)CC1. The van der Waals surface area contributed by atoms with Gasteiger partial charge in [0.1, 0.15) is 5.75 Å². The minimum Gasteiger partial charge on any atom is -0.405 e. The fourth-order valence-corrected chi connectivity index (χ4v) is 4.16. The lowest BCUT2D eigenvalue weighted by Gasteiger charge is -2.32. The van der Waals surface area contributed by atoms with E-state index >= 15 is 0 Å². The van der Waals surface area contributed by atoms with E-state index in [4.69, 9.17) is 0 Å². The Morgan fingerprint density at radius 1 is 0.844 bits per heavy atom. The second-order valence-corrected chi connectivity index (χ2v) is 8.05. The molecule has 6 heteroatoms. The number of ether oxygens (including phenoxy) is 1. The molecule has 32 heavy (non-hydrogen) atoms. The summed E-state index contributed by atoms with van der Waals surface area (Å²) in [7, 11) is 0. The van der Waals surface area contributed by atoms with E-state index in [9.17, 15) is 18.0 Å². The van der Waals surface area contributed by atoms with E-state index in [-0.39, 0.29) is 5.56 Å². The lowest BCUT2D eigenvalue weighted by Crippen LogP contribution is -2.39. The standard InChI is InChI=1S/C26H24F3NO2/c27-26(28,29)32-24-9-5-4-8-23(24)25(31)30-16-14-20(15-17-30)18-19-10-12-22(13-11-19)21-6-2-1-3-7-21/h1-13,20H,14-18H2. The predicted octanol–water partition coefficient (Wildman–Crippen LogP) is 6.35. The largest absolute Gasteiger partial charge is 0.573 e. The van der Waals surface area contributed by atoms with Crippen LogP contribution in [0.1, 0.15) is 28.8 Å². The van der Waals surface area contributed by atoms with Crippen LogP contribution >= 0.6 is 0 Å². The summed E-state index contributed by atoms with van der Waals surface area (Å²) in [5.41, 5.74) is 3.55. The second kappa shape index (κ2) is 9.47. The van der Waals surface area contributed by atoms with Crippen LogP contribution in [-0.4, -0.2) is 30.3 Å². The maximum absolute atomic E-state index is 12.8. The average molecular weight is 439 g/mol. The molecule has 4 rings (SSSR count). The van der Waals surface area contributed by atoms with Gasteiger partial charge in [0.2, 0.25) is 0 Å². The molecule has 1 fully saturated rings. The average Bonchev–Trinajstić information content (AvgIpc) is 2.80. The van der Waals surface area contributed by atoms with E-state index in [1.54, 1.807) is 11.0 Å². The Hall–Kier alpha value is -3.28. The van der Waals surface area contributed by atoms with E-state index in [0.29, 0.717) is 19.0 Å². The molecule has 3 aromatic rings. The number of carbonyl (C=O) groups is 1. The number of piperidine rings is 1. The molecule has 0 radical (unpaired) electrons. The van der Waals surface area contributed by atoms with Crippen molar-refractivity contribution in [2.75, 3.05) is 13.1 Å². The van der Waals surface area contributed by atoms with Gasteiger partial charge in [0.05, 0.1) is 5.56 Å². The van der Waals surface area contributed by atoms with Crippen molar-refractivity contribution >= 4 is 5.91 Å². The van der Waals surface area contributed by atoms with Gasteiger partial charge in [-0.25, -0.2) is 0 Å². The number of benzene rings is 3. The third-order valence-electron chi connectivity index (χ3n) is 5.83. The zero-order valence-corrected chi connectivity index (χ0v) is 17.5. The summed E-state index contributed by atoms with van der Waals surface area (Å²) in [5.74, 6) is -0.440. The molecule has 3 nitrogen and oxygen atoms in total. The van der Waals surface area contributed by atoms with Crippen molar-refractivity contribution in [2.45, 2.75) is 25.6 Å². The summed E-state index contributed by atoms with van der Waals surface area (Å²) in [6, 6.07) is 24.3. The number of carbonyl (C=O) groups excluding carboxylic acids is 1. The smallest absolute Gasteiger partial charge is 0.405 e. The molecule has 166 valence electrons. The molecule has 0 atom stereocenters. The Morgan fingerprint density at radius 2 is 1.44 bits per heavy atom. The van der Waals surface area contributed by atoms with Crippen LogP contribution in [0.15, 0.2) is 78.9 Å². The summed E-state index contributed by atoms with van der Waals surface area (Å²) in [6.45, 7) is 1.04. The molecule has 0 spiro atoms. The lowest BCUT2D eigenvalue weighted by molar-refractivity contribution is -0.274. The molecular formula is C26H24F3NO2. The number of nitrogens with zero attached hydrogens (tertiary/aromatic N) is 1. The molecule has 1 aliphatic heterocycles. The van der Waals surface area contributed by atoms with Crippen molar-refractivity contribution in [1.29, 1.82) is 0 Å². The van der Waals surface area contributed by atoms with Gasteiger partial charge in [0, 0.05) is 13.1 Å². The molecule has 0 unspecified atom stereocenters. The van der Waals surface area contributed by atoms with Crippen molar-refractivity contribution in [3.05, 3.63) is 90.0 Å². The first kappa shape index (κ1) is 21.9. The van der Waals surface area contributed by atoms with Gasteiger partial charge in [-0.3, -0.25) is 4.79 Å². The Balaban J connectivity index is 1.34. The Labute approximate surface area is 185 Å². The molecular weight excluding hydrogens is 415 g/mol. The Bertz CT molecular complexity index is 1040. The van der Waals surface area contributed by atoms with Gasteiger partial charge in [-0.1, -0.05) is 66.7 Å². The highest BCUT2D eigenvalue weighted by Gasteiger charge is 2.34. The molecule has 0 saturated carbocycles. The number of rotatable bonds is 5. The minimum absolute atomic E-state index is 0.0558. The lowest BCUT2D eigenvalue weighted by atomic mass is 9.89. The van der Waals surface area contributed by atoms with Crippen LogP contribution in [0.3, 0.4) is 0 Å². The number of halogens is 3. The number of para-hydroxylation sites is 1. The van der Waals surface area contributed by atoms with Crippen molar-refractivity contribution in [3.8, 4) is 16.9 Å². The molecule has 0 bridgehead atoms. The third kappa shape index (κ3) is 5.49. The summed E-state index contributed by atoms with van der Waals surface area (Å²) in [6.07, 6.45) is -2.28. The number of likely N-dealkylation sites (tertiary alicyclic amines) is 1. The molecule has 3 aromatic carbocycles. The molecule has 1 aliphatic rings. The maximum Gasteiger partial charge on any atom is 0.573 e. The first-order valence-electron chi connectivity index (χ1n) is 10.7. The fourth-order valence-electron chi connectivity index (χ4n) is 4.16. The van der Waals surface area contributed by atoms with Crippen LogP contribution in [0, 0.1) is 5.92 Å². The van der Waals surface area contributed by atoms with Crippen LogP contribution in [0.4, 0.5) is 13.2 Å². The summed E-state index contributed by atoms with van der Waals surface area (Å²) in [5, 5.41) is 0. The Morgan fingerprint density at radius 3 is 2.09 bits per heavy atom. The van der Waals surface area contributed by atoms with Gasteiger partial charge < -0.3 is 9.64 Å². The van der Waals surface area contributed by atoms with Gasteiger partial charge >= 0.3 is 6.36 Å². The number of hydrogen-bond donors (Lipinski definition) is 0. The van der Waals surface area contributed by atoms with Crippen molar-refractivity contribution < 1.29 is 22.7 Å². The minimum atomic E-state index is -4.83. The topological polar surface area (TPSA) is 29.5 Å². The van der Waals surface area contributed by atoms with Gasteiger partial charge in [-0.05, 0) is 54.0 Å². The maximum atomic E-state index is 12.8. The molecule has 0 N–H and O–H groups in total. The van der Waals surface area contributed by atoms with Crippen LogP contribution in [0.25, 0.3) is 11.1 Å². The summed E-state index contributed by atoms with van der Waals surface area (Å²) in [4.78, 5) is 14.4. The zero-order valence-electron chi connectivity index (χ0n) is 17.5. The number of hydrogen-bond acceptors (Lipinski definition) is 2. The van der Waals surface area contributed by atoms with Gasteiger partial charge in [-0.2, -0.15) is 0 Å². The van der Waals surface area contributed by atoms with E-state index in [1.807, 2.05) is 18.2 Å². The first-order valence-corrected chi connectivity index (χ1v) is 10.7. The monoisotopic (exact) mass is 439 g/mol. The van der Waals surface area contributed by atoms with Crippen LogP contribution in [0.2, 0.25) is 0 Å². The zero-order chi connectivity index (χ0) is 22.6. The molecule has 1 amide bonds. The second-order valence-electron chi connectivity index (χ2n) is 8.05. The van der Waals surface area contributed by atoms with Gasteiger partial charge in [0.15, 0.2) is 0 Å². The summed E-state index contributed by atoms with van der Waals surface area (Å²) >= 11 is 0. The number of amides is 1. The normalized spacial score (nSPS) is 14.9. The van der Waals surface area contributed by atoms with E-state index < -0.39 is 18.0 Å². The van der Waals surface area contributed by atoms with Crippen molar-refractivity contribution in [1.82, 2.24) is 4.90 Å². The first-order chi connectivity index (χ1) is 15.4. The van der Waals surface area contributed by atoms with E-state index in [2.05, 4.69) is 41.1 Å². The highest BCUT2D eigenvalue weighted by molar-refractivity contribution is 5.97. The third-order valence-corrected chi connectivity index (χ3v) is 5.83. The highest BCUT2D eigenvalue weighted by atomic mass is 19.4. The van der Waals surface area contributed by atoms with E-state index in [1.165, 1.54) is 34.9 Å². The quantitative estimate of drug-likeness (QED) is 0.464. The van der Waals surface area contributed by atoms with Crippen LogP contribution in [0.5, 0.6) is 5.75 Å². The predicted molar refractivity (Wildman–Crippen MR) is 117 cm³/mol. The number of alkyl halides is 3. The van der Waals surface area contributed by atoms with Crippen LogP contribution in [-0.2, 0) is 6.42 Å². The van der Waals surface area contributed by atoms with Crippen LogP contribution < -0.4 is 4.74 Å². The molecule has 0 aromatic heterocycles. The molecule has 0 aliphatic carbocycles. The molecule has 1 heterocycles. The van der Waals surface area contributed by atoms with Crippen molar-refractivity contribution in [3.63, 3.8) is 0 Å². The Kier molecular flexibility index (Phi) is 6.49. The highest BCUT2D eigenvalue weighted by Crippen LogP contribution is 2.29. The van der Waals surface area contributed by atoms with Crippen molar-refractivity contribution in [2.24, 2.45) is 5.92 Å². The van der Waals surface area contributed by atoms with E-state index in [0.717, 1.165) is 19.3 Å². The fraction of sp³-hybridized carbons (Fsp3) is 0.269. The summed E-state index contributed by atoms with van der Waals surface area (Å²) < 4.78 is 42.0. The van der Waals surface area contributed by atoms with Gasteiger partial charge in [0.25, 0.3) is 5.91 Å².